The van der Waals surface area contributed by atoms with E-state index in [0.29, 0.717) is 5.02 Å². The minimum atomic E-state index is -0.961. The lowest BCUT2D eigenvalue weighted by Crippen LogP contribution is -1.95. The predicted octanol–water partition coefficient (Wildman–Crippen LogP) is 4.64. The van der Waals surface area contributed by atoms with Crippen LogP contribution >= 0.6 is 23.4 Å². The first-order valence-corrected chi connectivity index (χ1v) is 7.14. The van der Waals surface area contributed by atoms with Crippen LogP contribution in [0.25, 0.3) is 0 Å². The molecule has 19 heavy (non-hydrogen) atoms. The summed E-state index contributed by atoms with van der Waals surface area (Å²) in [5, 5.41) is 9.36. The maximum atomic E-state index is 10.8. The van der Waals surface area contributed by atoms with Crippen LogP contribution in [0.5, 0.6) is 0 Å². The topological polar surface area (TPSA) is 37.3 Å². The van der Waals surface area contributed by atoms with E-state index >= 15 is 0 Å². The van der Waals surface area contributed by atoms with Crippen molar-refractivity contribution in [3.63, 3.8) is 0 Å². The van der Waals surface area contributed by atoms with Crippen molar-refractivity contribution in [3.8, 4) is 0 Å². The van der Waals surface area contributed by atoms with Crippen LogP contribution in [0, 0.1) is 6.92 Å². The highest BCUT2D eigenvalue weighted by atomic mass is 35.5. The van der Waals surface area contributed by atoms with Crippen molar-refractivity contribution in [2.75, 3.05) is 0 Å². The number of hydrogen-bond donors (Lipinski definition) is 1. The fraction of sp³-hybridized carbons (Fsp3) is 0.133. The van der Waals surface area contributed by atoms with Crippen LogP contribution in [0.15, 0.2) is 47.4 Å². The standard InChI is InChI=1S/C15H13ClO2S/c1-10-3-2-4-11(7-10)9-19-14-6-5-12(15(17)18)8-13(14)16/h2-8H,9H2,1H3,(H,17,18). The van der Waals surface area contributed by atoms with Crippen molar-refractivity contribution in [3.05, 3.63) is 64.2 Å². The zero-order chi connectivity index (χ0) is 13.8. The summed E-state index contributed by atoms with van der Waals surface area (Å²) in [6.07, 6.45) is 0. The molecule has 2 rings (SSSR count). The van der Waals surface area contributed by atoms with Crippen molar-refractivity contribution in [2.24, 2.45) is 0 Å². The number of thioether (sulfide) groups is 1. The van der Waals surface area contributed by atoms with Crippen LogP contribution in [0.2, 0.25) is 5.02 Å². The van der Waals surface area contributed by atoms with Gasteiger partial charge in [0.2, 0.25) is 0 Å². The second kappa shape index (κ2) is 6.13. The number of aromatic carboxylic acids is 1. The maximum Gasteiger partial charge on any atom is 0.335 e. The van der Waals surface area contributed by atoms with Crippen LogP contribution in [0.1, 0.15) is 21.5 Å². The molecule has 0 radical (unpaired) electrons. The molecular weight excluding hydrogens is 280 g/mol. The Morgan fingerprint density at radius 2 is 2.05 bits per heavy atom. The summed E-state index contributed by atoms with van der Waals surface area (Å²) in [4.78, 5) is 11.7. The second-order valence-corrected chi connectivity index (χ2v) is 5.65. The van der Waals surface area contributed by atoms with E-state index in [1.807, 2.05) is 6.07 Å². The Morgan fingerprint density at radius 3 is 2.68 bits per heavy atom. The van der Waals surface area contributed by atoms with E-state index in [9.17, 15) is 4.79 Å². The van der Waals surface area contributed by atoms with Gasteiger partial charge < -0.3 is 5.11 Å². The SMILES string of the molecule is Cc1cccc(CSc2ccc(C(=O)O)cc2Cl)c1. The third-order valence-electron chi connectivity index (χ3n) is 2.66. The summed E-state index contributed by atoms with van der Waals surface area (Å²) in [7, 11) is 0. The molecule has 0 spiro atoms. The Kier molecular flexibility index (Phi) is 4.51. The fourth-order valence-electron chi connectivity index (χ4n) is 1.71. The molecule has 0 aliphatic rings. The number of hydrogen-bond acceptors (Lipinski definition) is 2. The molecule has 0 aliphatic heterocycles. The number of carboxylic acids is 1. The molecule has 2 aromatic rings. The maximum absolute atomic E-state index is 10.8. The van der Waals surface area contributed by atoms with E-state index in [4.69, 9.17) is 16.7 Å². The average molecular weight is 293 g/mol. The monoisotopic (exact) mass is 292 g/mol. The van der Waals surface area contributed by atoms with Gasteiger partial charge in [0.15, 0.2) is 0 Å². The molecule has 2 aromatic carbocycles. The fourth-order valence-corrected chi connectivity index (χ4v) is 2.92. The van der Waals surface area contributed by atoms with Gasteiger partial charge in [0.05, 0.1) is 10.6 Å². The number of halogens is 1. The lowest BCUT2D eigenvalue weighted by molar-refractivity contribution is 0.0697. The first-order valence-electron chi connectivity index (χ1n) is 5.77. The molecule has 0 amide bonds. The van der Waals surface area contributed by atoms with E-state index in [-0.39, 0.29) is 5.56 Å². The molecule has 98 valence electrons. The van der Waals surface area contributed by atoms with Crippen molar-refractivity contribution < 1.29 is 9.90 Å². The van der Waals surface area contributed by atoms with E-state index in [2.05, 4.69) is 25.1 Å². The summed E-state index contributed by atoms with van der Waals surface area (Å²) in [5.74, 6) is -0.148. The van der Waals surface area contributed by atoms with Gasteiger partial charge in [-0.25, -0.2) is 4.79 Å². The van der Waals surface area contributed by atoms with Gasteiger partial charge in [-0.3, -0.25) is 0 Å². The zero-order valence-electron chi connectivity index (χ0n) is 10.4. The third-order valence-corrected chi connectivity index (χ3v) is 4.23. The quantitative estimate of drug-likeness (QED) is 0.834. The molecule has 1 N–H and O–H groups in total. The van der Waals surface area contributed by atoms with Gasteiger partial charge in [0, 0.05) is 10.6 Å². The van der Waals surface area contributed by atoms with E-state index in [1.165, 1.54) is 17.2 Å². The van der Waals surface area contributed by atoms with Crippen LogP contribution in [-0.2, 0) is 5.75 Å². The molecule has 0 saturated heterocycles. The van der Waals surface area contributed by atoms with Crippen LogP contribution in [0.3, 0.4) is 0 Å². The number of rotatable bonds is 4. The first kappa shape index (κ1) is 14.0. The Bertz CT molecular complexity index is 611. The molecule has 4 heteroatoms. The van der Waals surface area contributed by atoms with E-state index in [0.717, 1.165) is 10.6 Å². The van der Waals surface area contributed by atoms with Crippen LogP contribution in [0.4, 0.5) is 0 Å². The van der Waals surface area contributed by atoms with Gasteiger partial charge in [-0.05, 0) is 30.7 Å². The predicted molar refractivity (Wildman–Crippen MR) is 79.2 cm³/mol. The Labute approximate surface area is 121 Å². The smallest absolute Gasteiger partial charge is 0.335 e. The van der Waals surface area contributed by atoms with Gasteiger partial charge in [-0.2, -0.15) is 0 Å². The summed E-state index contributed by atoms with van der Waals surface area (Å²) in [6, 6.07) is 13.1. The molecule has 0 heterocycles. The Morgan fingerprint density at radius 1 is 1.26 bits per heavy atom. The van der Waals surface area contributed by atoms with Gasteiger partial charge in [-0.15, -0.1) is 11.8 Å². The van der Waals surface area contributed by atoms with Gasteiger partial charge in [-0.1, -0.05) is 41.4 Å². The molecule has 0 bridgehead atoms. The Balaban J connectivity index is 2.10. The summed E-state index contributed by atoms with van der Waals surface area (Å²) >= 11 is 7.69. The normalized spacial score (nSPS) is 10.4. The largest absolute Gasteiger partial charge is 0.478 e. The number of benzene rings is 2. The molecule has 0 fully saturated rings. The minimum absolute atomic E-state index is 0.213. The van der Waals surface area contributed by atoms with E-state index in [1.54, 1.807) is 23.9 Å². The van der Waals surface area contributed by atoms with Crippen molar-refractivity contribution >= 4 is 29.3 Å². The summed E-state index contributed by atoms with van der Waals surface area (Å²) in [6.45, 7) is 2.06. The number of carboxylic acid groups (broad SMARTS) is 1. The van der Waals surface area contributed by atoms with Crippen molar-refractivity contribution in [1.29, 1.82) is 0 Å². The van der Waals surface area contributed by atoms with E-state index < -0.39 is 5.97 Å². The molecule has 0 atom stereocenters. The first-order chi connectivity index (χ1) is 9.06. The molecule has 0 saturated carbocycles. The summed E-state index contributed by atoms with van der Waals surface area (Å²) < 4.78 is 0. The number of carbonyl (C=O) groups is 1. The molecule has 0 aliphatic carbocycles. The van der Waals surface area contributed by atoms with Crippen molar-refractivity contribution in [1.82, 2.24) is 0 Å². The van der Waals surface area contributed by atoms with Gasteiger partial charge >= 0.3 is 5.97 Å². The van der Waals surface area contributed by atoms with Crippen LogP contribution < -0.4 is 0 Å². The molecule has 0 aromatic heterocycles. The lowest BCUT2D eigenvalue weighted by atomic mass is 10.2. The average Bonchev–Trinajstić information content (AvgIpc) is 2.37. The Hall–Kier alpha value is -1.45. The van der Waals surface area contributed by atoms with Gasteiger partial charge in [0.25, 0.3) is 0 Å². The highest BCUT2D eigenvalue weighted by Crippen LogP contribution is 2.30. The zero-order valence-corrected chi connectivity index (χ0v) is 12.0. The number of aryl methyl sites for hydroxylation is 1. The summed E-state index contributed by atoms with van der Waals surface area (Å²) in [5.41, 5.74) is 2.67. The molecular formula is C15H13ClO2S. The molecule has 2 nitrogen and oxygen atoms in total. The lowest BCUT2D eigenvalue weighted by Gasteiger charge is -2.06. The second-order valence-electron chi connectivity index (χ2n) is 4.23. The molecule has 0 unspecified atom stereocenters. The van der Waals surface area contributed by atoms with Crippen molar-refractivity contribution in [2.45, 2.75) is 17.6 Å². The minimum Gasteiger partial charge on any atom is -0.478 e. The third kappa shape index (κ3) is 3.75. The van der Waals surface area contributed by atoms with Gasteiger partial charge in [0.1, 0.15) is 0 Å². The van der Waals surface area contributed by atoms with Crippen LogP contribution in [-0.4, -0.2) is 11.1 Å². The highest BCUT2D eigenvalue weighted by molar-refractivity contribution is 7.98. The highest BCUT2D eigenvalue weighted by Gasteiger charge is 2.07.